The van der Waals surface area contributed by atoms with Crippen molar-refractivity contribution < 1.29 is 4.39 Å². The third kappa shape index (κ3) is 3.48. The Hall–Kier alpha value is -0.720. The van der Waals surface area contributed by atoms with Gasteiger partial charge in [0.05, 0.1) is 5.02 Å². The quantitative estimate of drug-likeness (QED) is 0.646. The highest BCUT2D eigenvalue weighted by atomic mass is 35.5. The van der Waals surface area contributed by atoms with Crippen LogP contribution in [0.3, 0.4) is 0 Å². The molecule has 2 unspecified atom stereocenters. The lowest BCUT2D eigenvalue weighted by Gasteiger charge is -2.41. The molecule has 2 rings (SSSR count). The average Bonchev–Trinajstić information content (AvgIpc) is 2.43. The predicted molar refractivity (Wildman–Crippen MR) is 80.1 cm³/mol. The number of rotatable bonds is 4. The van der Waals surface area contributed by atoms with Gasteiger partial charge in [-0.15, -0.1) is 0 Å². The van der Waals surface area contributed by atoms with E-state index in [9.17, 15) is 4.39 Å². The van der Waals surface area contributed by atoms with Gasteiger partial charge in [0.15, 0.2) is 0 Å². The van der Waals surface area contributed by atoms with Crippen molar-refractivity contribution in [2.75, 3.05) is 33.7 Å². The van der Waals surface area contributed by atoms with Gasteiger partial charge in [0.1, 0.15) is 5.82 Å². The summed E-state index contributed by atoms with van der Waals surface area (Å²) in [4.78, 5) is 4.54. The maximum absolute atomic E-state index is 14.0. The van der Waals surface area contributed by atoms with Crippen LogP contribution in [0, 0.1) is 5.82 Å². The van der Waals surface area contributed by atoms with Gasteiger partial charge in [-0.05, 0) is 32.1 Å². The number of benzene rings is 1. The second-order valence-electron chi connectivity index (χ2n) is 5.50. The van der Waals surface area contributed by atoms with Crippen LogP contribution in [0.2, 0.25) is 5.02 Å². The Balaban J connectivity index is 2.14. The maximum atomic E-state index is 14.0. The summed E-state index contributed by atoms with van der Waals surface area (Å²) in [5.74, 6) is 5.35. The molecule has 1 aliphatic rings. The highest BCUT2D eigenvalue weighted by Crippen LogP contribution is 2.21. The highest BCUT2D eigenvalue weighted by Gasteiger charge is 2.30. The molecule has 1 fully saturated rings. The Kier molecular flexibility index (Phi) is 5.35. The molecule has 2 atom stereocenters. The van der Waals surface area contributed by atoms with Crippen molar-refractivity contribution in [3.8, 4) is 0 Å². The van der Waals surface area contributed by atoms with Crippen LogP contribution in [0.4, 0.5) is 4.39 Å². The van der Waals surface area contributed by atoms with E-state index in [2.05, 4.69) is 29.3 Å². The van der Waals surface area contributed by atoms with E-state index in [4.69, 9.17) is 17.4 Å². The number of nitrogens with zero attached hydrogens (tertiary/aromatic N) is 2. The van der Waals surface area contributed by atoms with Crippen LogP contribution in [0.25, 0.3) is 0 Å². The number of hydrogen-bond acceptors (Lipinski definition) is 4. The summed E-state index contributed by atoms with van der Waals surface area (Å²) in [6, 6.07) is 5.32. The Labute approximate surface area is 124 Å². The highest BCUT2D eigenvalue weighted by molar-refractivity contribution is 6.30. The molecule has 0 bridgehead atoms. The van der Waals surface area contributed by atoms with Crippen molar-refractivity contribution >= 4 is 11.6 Å². The normalized spacial score (nSPS) is 22.9. The van der Waals surface area contributed by atoms with Crippen LogP contribution < -0.4 is 11.3 Å². The first-order valence-electron chi connectivity index (χ1n) is 6.80. The molecule has 1 saturated heterocycles. The lowest BCUT2D eigenvalue weighted by Crippen LogP contribution is -2.60. The van der Waals surface area contributed by atoms with Gasteiger partial charge in [-0.25, -0.2) is 4.39 Å². The van der Waals surface area contributed by atoms with E-state index < -0.39 is 0 Å². The molecule has 1 aromatic carbocycles. The van der Waals surface area contributed by atoms with Gasteiger partial charge < -0.3 is 4.90 Å². The summed E-state index contributed by atoms with van der Waals surface area (Å²) in [5.41, 5.74) is 3.44. The van der Waals surface area contributed by atoms with E-state index in [0.29, 0.717) is 12.0 Å². The number of nitrogens with one attached hydrogen (secondary N) is 1. The molecule has 0 amide bonds. The molecule has 1 heterocycles. The minimum Gasteiger partial charge on any atom is -0.303 e. The van der Waals surface area contributed by atoms with Crippen LogP contribution in [0.15, 0.2) is 18.2 Å². The number of halogens is 2. The molecule has 112 valence electrons. The number of piperazine rings is 1. The van der Waals surface area contributed by atoms with Crippen molar-refractivity contribution in [3.63, 3.8) is 0 Å². The van der Waals surface area contributed by atoms with Crippen LogP contribution in [-0.2, 0) is 6.42 Å². The monoisotopic (exact) mass is 300 g/mol. The molecule has 1 aliphatic heterocycles. The molecule has 0 saturated carbocycles. The molecule has 0 radical (unpaired) electrons. The van der Waals surface area contributed by atoms with Gasteiger partial charge in [-0.1, -0.05) is 23.7 Å². The Bertz CT molecular complexity index is 457. The fourth-order valence-corrected chi connectivity index (χ4v) is 2.92. The van der Waals surface area contributed by atoms with E-state index in [1.165, 1.54) is 0 Å². The van der Waals surface area contributed by atoms with Gasteiger partial charge in [0, 0.05) is 31.7 Å². The van der Waals surface area contributed by atoms with E-state index in [1.807, 2.05) is 0 Å². The standard InChI is InChI=1S/C14H22ClFN4/c1-19-6-7-20(2)13(9-19)12(18-17)8-10-4-3-5-11(15)14(10)16/h3-5,12-13,18H,6-9,17H2,1-2H3. The van der Waals surface area contributed by atoms with E-state index in [0.717, 1.165) is 19.6 Å². The molecular weight excluding hydrogens is 279 g/mol. The summed E-state index contributed by atoms with van der Waals surface area (Å²) in [6.45, 7) is 2.93. The first-order valence-corrected chi connectivity index (χ1v) is 7.18. The van der Waals surface area contributed by atoms with Crippen molar-refractivity contribution in [2.45, 2.75) is 18.5 Å². The second kappa shape index (κ2) is 6.83. The van der Waals surface area contributed by atoms with E-state index in [1.54, 1.807) is 18.2 Å². The minimum absolute atomic E-state index is 0.0179. The van der Waals surface area contributed by atoms with Gasteiger partial charge in [0.25, 0.3) is 0 Å². The van der Waals surface area contributed by atoms with Gasteiger partial charge in [-0.2, -0.15) is 0 Å². The van der Waals surface area contributed by atoms with Crippen molar-refractivity contribution in [3.05, 3.63) is 34.6 Å². The summed E-state index contributed by atoms with van der Waals surface area (Å²) < 4.78 is 14.0. The van der Waals surface area contributed by atoms with Gasteiger partial charge in [0.2, 0.25) is 0 Å². The smallest absolute Gasteiger partial charge is 0.145 e. The molecule has 0 spiro atoms. The molecule has 20 heavy (non-hydrogen) atoms. The molecule has 1 aromatic rings. The molecule has 3 N–H and O–H groups in total. The van der Waals surface area contributed by atoms with Crippen molar-refractivity contribution in [1.29, 1.82) is 0 Å². The second-order valence-corrected chi connectivity index (χ2v) is 5.91. The Morgan fingerprint density at radius 3 is 2.90 bits per heavy atom. The third-order valence-corrected chi connectivity index (χ3v) is 4.34. The summed E-state index contributed by atoms with van der Waals surface area (Å²) in [6.07, 6.45) is 0.520. The molecule has 0 aliphatic carbocycles. The lowest BCUT2D eigenvalue weighted by atomic mass is 9.97. The van der Waals surface area contributed by atoms with Gasteiger partial charge in [-0.3, -0.25) is 16.2 Å². The number of nitrogens with two attached hydrogens (primary N) is 1. The zero-order chi connectivity index (χ0) is 14.7. The SMILES string of the molecule is CN1CCN(C)C(C(Cc2cccc(Cl)c2F)NN)C1. The largest absolute Gasteiger partial charge is 0.303 e. The summed E-state index contributed by atoms with van der Waals surface area (Å²) >= 11 is 5.83. The summed E-state index contributed by atoms with van der Waals surface area (Å²) in [5, 5.41) is 0.160. The van der Waals surface area contributed by atoms with Crippen LogP contribution in [0.1, 0.15) is 5.56 Å². The van der Waals surface area contributed by atoms with Gasteiger partial charge >= 0.3 is 0 Å². The summed E-state index contributed by atoms with van der Waals surface area (Å²) in [7, 11) is 4.17. The Morgan fingerprint density at radius 2 is 2.20 bits per heavy atom. The van der Waals surface area contributed by atoms with Crippen molar-refractivity contribution in [2.24, 2.45) is 5.84 Å². The topological polar surface area (TPSA) is 44.5 Å². The fraction of sp³-hybridized carbons (Fsp3) is 0.571. The van der Waals surface area contributed by atoms with Crippen molar-refractivity contribution in [1.82, 2.24) is 15.2 Å². The number of hydrogen-bond donors (Lipinski definition) is 2. The zero-order valence-electron chi connectivity index (χ0n) is 11.9. The first kappa shape index (κ1) is 15.7. The molecular formula is C14H22ClFN4. The maximum Gasteiger partial charge on any atom is 0.145 e. The minimum atomic E-state index is -0.346. The molecule has 0 aromatic heterocycles. The molecule has 6 heteroatoms. The van der Waals surface area contributed by atoms with Crippen LogP contribution in [-0.4, -0.2) is 55.6 Å². The first-order chi connectivity index (χ1) is 9.52. The third-order valence-electron chi connectivity index (χ3n) is 4.05. The van der Waals surface area contributed by atoms with Crippen LogP contribution >= 0.6 is 11.6 Å². The lowest BCUT2D eigenvalue weighted by molar-refractivity contribution is 0.0874. The predicted octanol–water partition coefficient (Wildman–Crippen LogP) is 1.10. The number of likely N-dealkylation sites (N-methyl/N-ethyl adjacent to an activating group) is 2. The Morgan fingerprint density at radius 1 is 1.45 bits per heavy atom. The van der Waals surface area contributed by atoms with Crippen LogP contribution in [0.5, 0.6) is 0 Å². The number of hydrazine groups is 1. The molecule has 4 nitrogen and oxygen atoms in total. The fourth-order valence-electron chi connectivity index (χ4n) is 2.73. The zero-order valence-corrected chi connectivity index (χ0v) is 12.7. The van der Waals surface area contributed by atoms with E-state index >= 15 is 0 Å². The average molecular weight is 301 g/mol. The van der Waals surface area contributed by atoms with E-state index in [-0.39, 0.29) is 22.9 Å².